The Morgan fingerprint density at radius 2 is 1.50 bits per heavy atom. The fraction of sp³-hybridized carbons (Fsp3) is 0.176. The van der Waals surface area contributed by atoms with Gasteiger partial charge in [0.1, 0.15) is 7.05 Å². The number of aliphatic carboxylic acids is 1. The zero-order valence-electron chi connectivity index (χ0n) is 11.3. The lowest BCUT2D eigenvalue weighted by Gasteiger charge is -2.09. The number of aromatic nitrogens is 1. The van der Waals surface area contributed by atoms with E-state index < -0.39 is 5.97 Å². The van der Waals surface area contributed by atoms with Gasteiger partial charge in [-0.3, -0.25) is 4.79 Å². The summed E-state index contributed by atoms with van der Waals surface area (Å²) in [6.07, 6.45) is 0.707. The highest BCUT2D eigenvalue weighted by molar-refractivity contribution is 5.94. The number of hydrogen-bond acceptors (Lipinski definition) is 1. The Morgan fingerprint density at radius 3 is 2.00 bits per heavy atom. The number of nitrogens with zero attached hydrogens (tertiary/aromatic N) is 1. The monoisotopic (exact) mass is 266 g/mol. The molecule has 3 nitrogen and oxygen atoms in total. The van der Waals surface area contributed by atoms with Crippen LogP contribution in [0.4, 0.5) is 0 Å². The number of aryl methyl sites for hydroxylation is 2. The molecule has 0 fully saturated rings. The van der Waals surface area contributed by atoms with Crippen LogP contribution in [0.25, 0.3) is 21.8 Å². The summed E-state index contributed by atoms with van der Waals surface area (Å²) in [6.45, 7) is 0. The van der Waals surface area contributed by atoms with Gasteiger partial charge in [0.15, 0.2) is 0 Å². The van der Waals surface area contributed by atoms with Crippen LogP contribution in [-0.2, 0) is 18.3 Å². The van der Waals surface area contributed by atoms with Gasteiger partial charge in [-0.05, 0) is 24.1 Å². The number of carbonyl (C=O) groups is 1. The maximum Gasteiger partial charge on any atom is 0.303 e. The summed E-state index contributed by atoms with van der Waals surface area (Å²) < 4.78 is 2.16. The quantitative estimate of drug-likeness (QED) is 0.585. The van der Waals surface area contributed by atoms with Gasteiger partial charge in [0.25, 0.3) is 0 Å². The molecule has 0 aliphatic heterocycles. The zero-order chi connectivity index (χ0) is 14.1. The highest BCUT2D eigenvalue weighted by Gasteiger charge is 2.17. The van der Waals surface area contributed by atoms with Gasteiger partial charge in [-0.15, -0.1) is 0 Å². The van der Waals surface area contributed by atoms with Gasteiger partial charge in [0, 0.05) is 18.6 Å². The second-order valence-electron chi connectivity index (χ2n) is 4.97. The molecule has 1 N–H and O–H groups in total. The molecule has 2 aromatic carbocycles. The topological polar surface area (TPSA) is 41.2 Å². The van der Waals surface area contributed by atoms with Crippen molar-refractivity contribution in [3.05, 3.63) is 54.1 Å². The summed E-state index contributed by atoms with van der Waals surface area (Å²) in [5.41, 5.74) is 3.38. The molecule has 0 spiro atoms. The number of hydrogen-bond donors (Lipinski definition) is 1. The van der Waals surface area contributed by atoms with Crippen molar-refractivity contribution in [1.82, 2.24) is 0 Å². The summed E-state index contributed by atoms with van der Waals surface area (Å²) in [5, 5.41) is 11.2. The minimum Gasteiger partial charge on any atom is -0.481 e. The molecule has 0 atom stereocenters. The van der Waals surface area contributed by atoms with Gasteiger partial charge in [-0.1, -0.05) is 24.3 Å². The zero-order valence-corrected chi connectivity index (χ0v) is 11.3. The van der Waals surface area contributed by atoms with Crippen LogP contribution >= 0.6 is 0 Å². The fourth-order valence-corrected chi connectivity index (χ4v) is 2.82. The maximum atomic E-state index is 10.9. The third kappa shape index (κ3) is 2.01. The van der Waals surface area contributed by atoms with E-state index in [9.17, 15) is 4.79 Å². The molecule has 3 heteroatoms. The van der Waals surface area contributed by atoms with Crippen molar-refractivity contribution in [2.75, 3.05) is 0 Å². The van der Waals surface area contributed by atoms with Gasteiger partial charge in [-0.25, -0.2) is 0 Å². The van der Waals surface area contributed by atoms with Gasteiger partial charge in [0.2, 0.25) is 11.0 Å². The number of carboxylic acid groups (broad SMARTS) is 1. The van der Waals surface area contributed by atoms with Crippen molar-refractivity contribution in [2.24, 2.45) is 7.05 Å². The van der Waals surface area contributed by atoms with E-state index in [2.05, 4.69) is 28.8 Å². The molecule has 0 saturated carbocycles. The molecule has 0 unspecified atom stereocenters. The van der Waals surface area contributed by atoms with Crippen LogP contribution in [0.1, 0.15) is 12.0 Å². The largest absolute Gasteiger partial charge is 0.481 e. The Bertz CT molecular complexity index is 752. The first-order chi connectivity index (χ1) is 9.68. The van der Waals surface area contributed by atoms with Crippen molar-refractivity contribution in [1.29, 1.82) is 0 Å². The summed E-state index contributed by atoms with van der Waals surface area (Å²) >= 11 is 0. The predicted octanol–water partition coefficient (Wildman–Crippen LogP) is 2.83. The molecular weight excluding hydrogens is 250 g/mol. The van der Waals surface area contributed by atoms with Crippen molar-refractivity contribution in [3.63, 3.8) is 0 Å². The number of carboxylic acids is 1. The van der Waals surface area contributed by atoms with E-state index in [0.717, 1.165) is 27.4 Å². The standard InChI is InChI=1S/C17H15NO2/c1-18-15-8-4-2-6-13(15)12(10-11-17(19)20)14-7-3-5-9-16(14)18/h2-9H,10-11H2,1H3/p+1. The SMILES string of the molecule is C[n+]1c2ccccc2c(CCC(=O)O)c2ccccc21. The lowest BCUT2D eigenvalue weighted by molar-refractivity contribution is -0.617. The Morgan fingerprint density at radius 1 is 1.00 bits per heavy atom. The minimum atomic E-state index is -0.758. The molecule has 0 amide bonds. The first-order valence-corrected chi connectivity index (χ1v) is 6.68. The Labute approximate surface area is 117 Å². The third-order valence-corrected chi connectivity index (χ3v) is 3.77. The van der Waals surface area contributed by atoms with E-state index in [1.54, 1.807) is 0 Å². The van der Waals surface area contributed by atoms with Crippen molar-refractivity contribution in [2.45, 2.75) is 12.8 Å². The lowest BCUT2D eigenvalue weighted by Crippen LogP contribution is -2.30. The number of para-hydroxylation sites is 2. The van der Waals surface area contributed by atoms with E-state index in [1.807, 2.05) is 31.3 Å². The number of fused-ring (bicyclic) bond motifs is 2. The highest BCUT2D eigenvalue weighted by Crippen LogP contribution is 2.25. The Hall–Kier alpha value is -2.42. The van der Waals surface area contributed by atoms with E-state index in [0.29, 0.717) is 6.42 Å². The molecule has 3 rings (SSSR count). The molecule has 0 aliphatic rings. The number of benzene rings is 2. The summed E-state index contributed by atoms with van der Waals surface area (Å²) in [5.74, 6) is -0.758. The predicted molar refractivity (Wildman–Crippen MR) is 78.6 cm³/mol. The average Bonchev–Trinajstić information content (AvgIpc) is 2.47. The van der Waals surface area contributed by atoms with Gasteiger partial charge in [-0.2, -0.15) is 4.57 Å². The van der Waals surface area contributed by atoms with Crippen LogP contribution in [0.15, 0.2) is 48.5 Å². The van der Waals surface area contributed by atoms with E-state index in [-0.39, 0.29) is 6.42 Å². The average molecular weight is 266 g/mol. The van der Waals surface area contributed by atoms with Crippen molar-refractivity contribution in [3.8, 4) is 0 Å². The van der Waals surface area contributed by atoms with Crippen LogP contribution < -0.4 is 4.57 Å². The molecule has 1 heterocycles. The Balaban J connectivity index is 2.37. The summed E-state index contributed by atoms with van der Waals surface area (Å²) in [6, 6.07) is 16.3. The molecule has 0 saturated heterocycles. The van der Waals surface area contributed by atoms with Gasteiger partial charge < -0.3 is 5.11 Å². The van der Waals surface area contributed by atoms with Gasteiger partial charge >= 0.3 is 5.97 Å². The number of rotatable bonds is 3. The van der Waals surface area contributed by atoms with E-state index in [4.69, 9.17) is 5.11 Å². The van der Waals surface area contributed by atoms with Crippen LogP contribution in [0.2, 0.25) is 0 Å². The van der Waals surface area contributed by atoms with Crippen LogP contribution in [-0.4, -0.2) is 11.1 Å². The Kier molecular flexibility index (Phi) is 3.11. The normalized spacial score (nSPS) is 11.1. The first kappa shape index (κ1) is 12.6. The van der Waals surface area contributed by atoms with Crippen LogP contribution in [0.5, 0.6) is 0 Å². The van der Waals surface area contributed by atoms with Crippen molar-refractivity contribution >= 4 is 27.8 Å². The molecule has 20 heavy (non-hydrogen) atoms. The van der Waals surface area contributed by atoms with E-state index >= 15 is 0 Å². The molecule has 100 valence electrons. The molecule has 0 radical (unpaired) electrons. The maximum absolute atomic E-state index is 10.9. The molecule has 0 bridgehead atoms. The van der Waals surface area contributed by atoms with Gasteiger partial charge in [0.05, 0.1) is 10.8 Å². The summed E-state index contributed by atoms with van der Waals surface area (Å²) in [7, 11) is 2.05. The highest BCUT2D eigenvalue weighted by atomic mass is 16.4. The lowest BCUT2D eigenvalue weighted by atomic mass is 9.98. The molecule has 0 aliphatic carbocycles. The molecular formula is C17H16NO2+. The number of pyridine rings is 1. The molecule has 1 aromatic heterocycles. The third-order valence-electron chi connectivity index (χ3n) is 3.77. The van der Waals surface area contributed by atoms with Crippen LogP contribution in [0, 0.1) is 0 Å². The second kappa shape index (κ2) is 4.93. The first-order valence-electron chi connectivity index (χ1n) is 6.68. The minimum absolute atomic E-state index is 0.154. The van der Waals surface area contributed by atoms with Crippen LogP contribution in [0.3, 0.4) is 0 Å². The smallest absolute Gasteiger partial charge is 0.303 e. The van der Waals surface area contributed by atoms with E-state index in [1.165, 1.54) is 0 Å². The fourth-order valence-electron chi connectivity index (χ4n) is 2.82. The molecule has 3 aromatic rings. The van der Waals surface area contributed by atoms with Crippen molar-refractivity contribution < 1.29 is 14.5 Å². The second-order valence-corrected chi connectivity index (χ2v) is 4.97. The summed E-state index contributed by atoms with van der Waals surface area (Å²) in [4.78, 5) is 10.9.